The minimum Gasteiger partial charge on any atom is -0.299 e. The molecule has 1 heteroatoms. The van der Waals surface area contributed by atoms with Gasteiger partial charge in [-0.05, 0) is 31.3 Å². The molecule has 3 aliphatic rings. The van der Waals surface area contributed by atoms with Gasteiger partial charge < -0.3 is 0 Å². The second kappa shape index (κ2) is 2.34. The molecule has 1 unspecified atom stereocenters. The summed E-state index contributed by atoms with van der Waals surface area (Å²) in [6, 6.07) is 0. The summed E-state index contributed by atoms with van der Waals surface area (Å²) in [5, 5.41) is 0. The molecule has 2 fully saturated rings. The molecule has 68 valence electrons. The summed E-state index contributed by atoms with van der Waals surface area (Å²) in [5.41, 5.74) is 1.81. The third kappa shape index (κ3) is 0.962. The van der Waals surface area contributed by atoms with Crippen LogP contribution in [0, 0.1) is 11.3 Å². The molecule has 0 aromatic carbocycles. The third-order valence-electron chi connectivity index (χ3n) is 3.73. The van der Waals surface area contributed by atoms with Gasteiger partial charge in [-0.15, -0.1) is 0 Å². The number of allylic oxidation sites excluding steroid dienone is 4. The van der Waals surface area contributed by atoms with E-state index < -0.39 is 0 Å². The van der Waals surface area contributed by atoms with Crippen molar-refractivity contribution >= 4 is 5.78 Å². The molecule has 1 spiro atoms. The number of rotatable bonds is 1. The van der Waals surface area contributed by atoms with Gasteiger partial charge in [-0.2, -0.15) is 0 Å². The maximum Gasteiger partial charge on any atom is 0.140 e. The van der Waals surface area contributed by atoms with Crippen molar-refractivity contribution in [1.29, 1.82) is 0 Å². The van der Waals surface area contributed by atoms with Crippen molar-refractivity contribution in [1.82, 2.24) is 0 Å². The molecule has 0 N–H and O–H groups in total. The Morgan fingerprint density at radius 1 is 1.38 bits per heavy atom. The number of hydrogen-bond acceptors (Lipinski definition) is 1. The summed E-state index contributed by atoms with van der Waals surface area (Å²) in [6.45, 7) is 0. The predicted octanol–water partition coefficient (Wildman–Crippen LogP) is 2.63. The fourth-order valence-electron chi connectivity index (χ4n) is 2.80. The average molecular weight is 174 g/mol. The highest BCUT2D eigenvalue weighted by molar-refractivity contribution is 5.86. The van der Waals surface area contributed by atoms with E-state index in [1.54, 1.807) is 0 Å². The van der Waals surface area contributed by atoms with Gasteiger partial charge in [-0.1, -0.05) is 18.2 Å². The van der Waals surface area contributed by atoms with Crippen LogP contribution in [0.2, 0.25) is 0 Å². The molecule has 0 amide bonds. The summed E-state index contributed by atoms with van der Waals surface area (Å²) in [4.78, 5) is 11.6. The molecule has 0 radical (unpaired) electrons. The minimum atomic E-state index is 0.289. The number of Topliss-reactive ketones (excluding diaryl/α,β-unsaturated/α-hetero) is 1. The van der Waals surface area contributed by atoms with Gasteiger partial charge in [-0.3, -0.25) is 4.79 Å². The van der Waals surface area contributed by atoms with Crippen LogP contribution in [0.3, 0.4) is 0 Å². The van der Waals surface area contributed by atoms with Gasteiger partial charge in [0.05, 0.1) is 0 Å². The first-order chi connectivity index (χ1) is 6.32. The van der Waals surface area contributed by atoms with Gasteiger partial charge >= 0.3 is 0 Å². The molecule has 0 bridgehead atoms. The van der Waals surface area contributed by atoms with E-state index in [0.717, 1.165) is 19.3 Å². The number of carbonyl (C=O) groups is 1. The summed E-state index contributed by atoms with van der Waals surface area (Å²) in [6.07, 6.45) is 12.2. The molecule has 3 rings (SSSR count). The first kappa shape index (κ1) is 7.54. The molecule has 3 aliphatic carbocycles. The van der Waals surface area contributed by atoms with E-state index >= 15 is 0 Å². The van der Waals surface area contributed by atoms with Crippen molar-refractivity contribution in [3.05, 3.63) is 23.8 Å². The van der Waals surface area contributed by atoms with Crippen LogP contribution in [0.5, 0.6) is 0 Å². The number of carbonyl (C=O) groups excluding carboxylic acids is 1. The Hall–Kier alpha value is -0.850. The van der Waals surface area contributed by atoms with Crippen LogP contribution in [0.4, 0.5) is 0 Å². The molecule has 0 aromatic rings. The van der Waals surface area contributed by atoms with Crippen LogP contribution in [0.1, 0.15) is 32.1 Å². The third-order valence-corrected chi connectivity index (χ3v) is 3.73. The molecule has 1 nitrogen and oxygen atoms in total. The summed E-state index contributed by atoms with van der Waals surface area (Å²) < 4.78 is 0. The maximum absolute atomic E-state index is 11.6. The van der Waals surface area contributed by atoms with Gasteiger partial charge in [0, 0.05) is 17.8 Å². The lowest BCUT2D eigenvalue weighted by Gasteiger charge is -2.16. The fourth-order valence-corrected chi connectivity index (χ4v) is 2.80. The monoisotopic (exact) mass is 174 g/mol. The Morgan fingerprint density at radius 2 is 2.23 bits per heavy atom. The van der Waals surface area contributed by atoms with E-state index in [4.69, 9.17) is 0 Å². The predicted molar refractivity (Wildman–Crippen MR) is 51.2 cm³/mol. The highest BCUT2D eigenvalue weighted by Gasteiger charge is 2.49. The summed E-state index contributed by atoms with van der Waals surface area (Å²) >= 11 is 0. The highest BCUT2D eigenvalue weighted by Crippen LogP contribution is 2.59. The van der Waals surface area contributed by atoms with Gasteiger partial charge in [0.15, 0.2) is 0 Å². The topological polar surface area (TPSA) is 17.1 Å². The van der Waals surface area contributed by atoms with E-state index in [0.29, 0.717) is 11.2 Å². The van der Waals surface area contributed by atoms with Crippen LogP contribution in [-0.2, 0) is 4.79 Å². The Bertz CT molecular complexity index is 318. The normalized spacial score (nSPS) is 34.3. The van der Waals surface area contributed by atoms with E-state index in [1.165, 1.54) is 18.4 Å². The molecule has 1 atom stereocenters. The van der Waals surface area contributed by atoms with Gasteiger partial charge in [0.1, 0.15) is 5.78 Å². The van der Waals surface area contributed by atoms with Crippen molar-refractivity contribution in [3.63, 3.8) is 0 Å². The lowest BCUT2D eigenvalue weighted by Crippen LogP contribution is -2.14. The molecule has 13 heavy (non-hydrogen) atoms. The van der Waals surface area contributed by atoms with Crippen LogP contribution in [-0.4, -0.2) is 5.78 Å². The quantitative estimate of drug-likeness (QED) is 0.597. The van der Waals surface area contributed by atoms with Gasteiger partial charge in [-0.25, -0.2) is 0 Å². The van der Waals surface area contributed by atoms with Crippen molar-refractivity contribution in [2.24, 2.45) is 11.3 Å². The zero-order chi connectivity index (χ0) is 8.89. The largest absolute Gasteiger partial charge is 0.299 e. The average Bonchev–Trinajstić information content (AvgIpc) is 2.55. The molecular weight excluding hydrogens is 160 g/mol. The fraction of sp³-hybridized carbons (Fsp3) is 0.583. The van der Waals surface area contributed by atoms with E-state index in [2.05, 4.69) is 18.2 Å². The van der Waals surface area contributed by atoms with Gasteiger partial charge in [0.2, 0.25) is 0 Å². The first-order valence-corrected chi connectivity index (χ1v) is 5.24. The molecule has 0 heterocycles. The second-order valence-electron chi connectivity index (χ2n) is 4.55. The van der Waals surface area contributed by atoms with Crippen molar-refractivity contribution in [2.75, 3.05) is 0 Å². The smallest absolute Gasteiger partial charge is 0.140 e. The van der Waals surface area contributed by atoms with E-state index in [-0.39, 0.29) is 5.92 Å². The SMILES string of the molecule is O=C1CCCC1C1=CC=CC12CC2. The zero-order valence-electron chi connectivity index (χ0n) is 7.75. The second-order valence-corrected chi connectivity index (χ2v) is 4.55. The molecule has 0 aromatic heterocycles. The Morgan fingerprint density at radius 3 is 2.85 bits per heavy atom. The highest BCUT2D eigenvalue weighted by atomic mass is 16.1. The number of hydrogen-bond donors (Lipinski definition) is 0. The van der Waals surface area contributed by atoms with Crippen LogP contribution in [0.15, 0.2) is 23.8 Å². The van der Waals surface area contributed by atoms with E-state index in [1.807, 2.05) is 0 Å². The van der Waals surface area contributed by atoms with E-state index in [9.17, 15) is 4.79 Å². The summed E-state index contributed by atoms with van der Waals surface area (Å²) in [7, 11) is 0. The van der Waals surface area contributed by atoms with Crippen LogP contribution >= 0.6 is 0 Å². The maximum atomic E-state index is 11.6. The standard InChI is InChI=1S/C12H14O/c13-11-5-1-3-9(11)10-4-2-6-12(10)7-8-12/h2,4,6,9H,1,3,5,7-8H2. The molecular formula is C12H14O. The van der Waals surface area contributed by atoms with Crippen molar-refractivity contribution in [3.8, 4) is 0 Å². The molecule has 0 aliphatic heterocycles. The van der Waals surface area contributed by atoms with Crippen molar-refractivity contribution in [2.45, 2.75) is 32.1 Å². The molecule has 2 saturated carbocycles. The Balaban J connectivity index is 1.90. The van der Waals surface area contributed by atoms with Crippen LogP contribution < -0.4 is 0 Å². The zero-order valence-corrected chi connectivity index (χ0v) is 7.75. The minimum absolute atomic E-state index is 0.289. The Kier molecular flexibility index (Phi) is 1.36. The molecule has 0 saturated heterocycles. The van der Waals surface area contributed by atoms with Gasteiger partial charge in [0.25, 0.3) is 0 Å². The van der Waals surface area contributed by atoms with Crippen LogP contribution in [0.25, 0.3) is 0 Å². The lowest BCUT2D eigenvalue weighted by atomic mass is 9.86. The Labute approximate surface area is 78.5 Å². The summed E-state index contributed by atoms with van der Waals surface area (Å²) in [5.74, 6) is 0.777. The lowest BCUT2D eigenvalue weighted by molar-refractivity contribution is -0.119. The first-order valence-electron chi connectivity index (χ1n) is 5.24. The van der Waals surface area contributed by atoms with Crippen molar-refractivity contribution < 1.29 is 4.79 Å². The number of ketones is 1.